The van der Waals surface area contributed by atoms with E-state index in [1.807, 2.05) is 26.0 Å². The molecule has 6 nitrogen and oxygen atoms in total. The minimum atomic E-state index is -3.08. The number of rotatable bonds is 9. The van der Waals surface area contributed by atoms with E-state index in [-0.39, 0.29) is 5.75 Å². The summed E-state index contributed by atoms with van der Waals surface area (Å²) in [7, 11) is -1.45. The minimum absolute atomic E-state index is 0.241. The van der Waals surface area contributed by atoms with E-state index in [0.29, 0.717) is 50.2 Å². The zero-order valence-electron chi connectivity index (χ0n) is 15.8. The van der Waals surface area contributed by atoms with Crippen molar-refractivity contribution in [3.8, 4) is 11.5 Å². The van der Waals surface area contributed by atoms with E-state index in [1.165, 1.54) is 0 Å². The van der Waals surface area contributed by atoms with Crippen molar-refractivity contribution in [1.82, 2.24) is 9.62 Å². The maximum atomic E-state index is 12.1. The number of ether oxygens (including phenoxy) is 2. The highest BCUT2D eigenvalue weighted by Gasteiger charge is 2.27. The molecular weight excluding hydrogens is 420 g/mol. The maximum absolute atomic E-state index is 12.1. The molecule has 0 atom stereocenters. The smallest absolute Gasteiger partial charge is 0.214 e. The lowest BCUT2D eigenvalue weighted by atomic mass is 10.1. The fraction of sp³-hybridized carbons (Fsp3) is 0.667. The normalized spacial score (nSPS) is 16.6. The standard InChI is InChI=1S/C18H29BrN2O4S/c1-4-10-26(22,23)21-8-6-15(7-9-21)20-13-14-11-16(19)18(25-5-2)17(12-14)24-3/h11-12,15,20H,4-10,13H2,1-3H3. The summed E-state index contributed by atoms with van der Waals surface area (Å²) in [6, 6.07) is 4.32. The van der Waals surface area contributed by atoms with Crippen LogP contribution in [0.25, 0.3) is 0 Å². The summed E-state index contributed by atoms with van der Waals surface area (Å²) in [5.74, 6) is 1.66. The quantitative estimate of drug-likeness (QED) is 0.628. The van der Waals surface area contributed by atoms with Crippen LogP contribution in [0.5, 0.6) is 11.5 Å². The van der Waals surface area contributed by atoms with Crippen LogP contribution in [-0.2, 0) is 16.6 Å². The molecular formula is C18H29BrN2O4S. The Balaban J connectivity index is 1.91. The van der Waals surface area contributed by atoms with Crippen LogP contribution >= 0.6 is 15.9 Å². The molecule has 0 saturated carbocycles. The highest BCUT2D eigenvalue weighted by molar-refractivity contribution is 9.10. The first-order chi connectivity index (χ1) is 12.4. The molecule has 0 aromatic heterocycles. The van der Waals surface area contributed by atoms with Crippen molar-refractivity contribution >= 4 is 26.0 Å². The average molecular weight is 449 g/mol. The number of nitrogens with one attached hydrogen (secondary N) is 1. The number of nitrogens with zero attached hydrogens (tertiary/aromatic N) is 1. The van der Waals surface area contributed by atoms with Crippen molar-refractivity contribution in [3.63, 3.8) is 0 Å². The highest BCUT2D eigenvalue weighted by atomic mass is 79.9. The lowest BCUT2D eigenvalue weighted by Gasteiger charge is -2.31. The van der Waals surface area contributed by atoms with Gasteiger partial charge in [-0.25, -0.2) is 12.7 Å². The number of piperidine rings is 1. The van der Waals surface area contributed by atoms with Crippen LogP contribution in [0.3, 0.4) is 0 Å². The van der Waals surface area contributed by atoms with Crippen LogP contribution < -0.4 is 14.8 Å². The molecule has 0 spiro atoms. The molecule has 1 aromatic rings. The first-order valence-corrected chi connectivity index (χ1v) is 11.5. The predicted octanol–water partition coefficient (Wildman–Crippen LogP) is 3.15. The number of hydrogen-bond acceptors (Lipinski definition) is 5. The van der Waals surface area contributed by atoms with Gasteiger partial charge in [0.2, 0.25) is 10.0 Å². The van der Waals surface area contributed by atoms with Gasteiger partial charge in [-0.3, -0.25) is 0 Å². The number of halogens is 1. The third-order valence-electron chi connectivity index (χ3n) is 4.48. The molecule has 1 saturated heterocycles. The van der Waals surface area contributed by atoms with Gasteiger partial charge in [0, 0.05) is 25.7 Å². The summed E-state index contributed by atoms with van der Waals surface area (Å²) < 4.78 is 37.8. The first kappa shape index (κ1) is 21.5. The Labute approximate surface area is 165 Å². The zero-order chi connectivity index (χ0) is 19.2. The second kappa shape index (κ2) is 9.92. The van der Waals surface area contributed by atoms with Crippen molar-refractivity contribution < 1.29 is 17.9 Å². The number of methoxy groups -OCH3 is 1. The van der Waals surface area contributed by atoms with Gasteiger partial charge in [-0.1, -0.05) is 6.92 Å². The molecule has 1 heterocycles. The van der Waals surface area contributed by atoms with Crippen molar-refractivity contribution in [2.45, 2.75) is 45.7 Å². The second-order valence-electron chi connectivity index (χ2n) is 6.41. The predicted molar refractivity (Wildman–Crippen MR) is 107 cm³/mol. The summed E-state index contributed by atoms with van der Waals surface area (Å²) in [5, 5.41) is 3.53. The Morgan fingerprint density at radius 2 is 1.96 bits per heavy atom. The average Bonchev–Trinajstić information content (AvgIpc) is 2.62. The molecule has 1 aliphatic heterocycles. The Kier molecular flexibility index (Phi) is 8.19. The molecule has 0 bridgehead atoms. The third-order valence-corrected chi connectivity index (χ3v) is 7.15. The van der Waals surface area contributed by atoms with Gasteiger partial charge >= 0.3 is 0 Å². The molecule has 8 heteroatoms. The lowest BCUT2D eigenvalue weighted by Crippen LogP contribution is -2.45. The van der Waals surface area contributed by atoms with Crippen LogP contribution in [0.15, 0.2) is 16.6 Å². The van der Waals surface area contributed by atoms with Crippen LogP contribution in [0.2, 0.25) is 0 Å². The minimum Gasteiger partial charge on any atom is -0.493 e. The van der Waals surface area contributed by atoms with Gasteiger partial charge in [0.1, 0.15) is 0 Å². The number of sulfonamides is 1. The van der Waals surface area contributed by atoms with Crippen LogP contribution in [0.1, 0.15) is 38.7 Å². The Hall–Kier alpha value is -0.830. The van der Waals surface area contributed by atoms with Gasteiger partial charge < -0.3 is 14.8 Å². The molecule has 148 valence electrons. The van der Waals surface area contributed by atoms with E-state index >= 15 is 0 Å². The first-order valence-electron chi connectivity index (χ1n) is 9.11. The Morgan fingerprint density at radius 3 is 2.54 bits per heavy atom. The summed E-state index contributed by atoms with van der Waals surface area (Å²) in [6.07, 6.45) is 2.32. The van der Waals surface area contributed by atoms with Crippen molar-refractivity contribution in [2.24, 2.45) is 0 Å². The lowest BCUT2D eigenvalue weighted by molar-refractivity contribution is 0.288. The van der Waals surface area contributed by atoms with E-state index in [9.17, 15) is 8.42 Å². The Bertz CT molecular complexity index is 689. The van der Waals surface area contributed by atoms with E-state index in [2.05, 4.69) is 21.2 Å². The molecule has 1 aromatic carbocycles. The van der Waals surface area contributed by atoms with Crippen LogP contribution in [0, 0.1) is 0 Å². The summed E-state index contributed by atoms with van der Waals surface area (Å²) in [5.41, 5.74) is 1.10. The SMILES string of the molecule is CCCS(=O)(=O)N1CCC(NCc2cc(Br)c(OCC)c(OC)c2)CC1. The number of benzene rings is 1. The summed E-state index contributed by atoms with van der Waals surface area (Å²) in [4.78, 5) is 0. The van der Waals surface area contributed by atoms with Gasteiger partial charge in [-0.15, -0.1) is 0 Å². The molecule has 0 unspecified atom stereocenters. The molecule has 2 rings (SSSR count). The van der Waals surface area contributed by atoms with Crippen molar-refractivity contribution in [1.29, 1.82) is 0 Å². The van der Waals surface area contributed by atoms with Crippen molar-refractivity contribution in [3.05, 3.63) is 22.2 Å². The van der Waals surface area contributed by atoms with Crippen LogP contribution in [0.4, 0.5) is 0 Å². The summed E-state index contributed by atoms with van der Waals surface area (Å²) >= 11 is 3.54. The molecule has 26 heavy (non-hydrogen) atoms. The zero-order valence-corrected chi connectivity index (χ0v) is 18.2. The van der Waals surface area contributed by atoms with E-state index < -0.39 is 10.0 Å². The molecule has 0 amide bonds. The third kappa shape index (κ3) is 5.58. The topological polar surface area (TPSA) is 67.9 Å². The largest absolute Gasteiger partial charge is 0.493 e. The van der Waals surface area contributed by atoms with Crippen molar-refractivity contribution in [2.75, 3.05) is 32.6 Å². The van der Waals surface area contributed by atoms with Gasteiger partial charge in [-0.2, -0.15) is 0 Å². The number of hydrogen-bond donors (Lipinski definition) is 1. The van der Waals surface area contributed by atoms with E-state index in [1.54, 1.807) is 11.4 Å². The molecule has 0 radical (unpaired) electrons. The van der Waals surface area contributed by atoms with E-state index in [0.717, 1.165) is 22.9 Å². The Morgan fingerprint density at radius 1 is 1.27 bits per heavy atom. The van der Waals surface area contributed by atoms with Gasteiger partial charge in [-0.05, 0) is 59.8 Å². The fourth-order valence-electron chi connectivity index (χ4n) is 3.15. The van der Waals surface area contributed by atoms with Gasteiger partial charge in [0.15, 0.2) is 11.5 Å². The highest BCUT2D eigenvalue weighted by Crippen LogP contribution is 2.36. The monoisotopic (exact) mass is 448 g/mol. The molecule has 1 N–H and O–H groups in total. The van der Waals surface area contributed by atoms with Crippen LogP contribution in [-0.4, -0.2) is 51.3 Å². The maximum Gasteiger partial charge on any atom is 0.214 e. The fourth-order valence-corrected chi connectivity index (χ4v) is 5.29. The summed E-state index contributed by atoms with van der Waals surface area (Å²) in [6.45, 7) is 6.30. The second-order valence-corrected chi connectivity index (χ2v) is 9.36. The molecule has 1 aliphatic rings. The van der Waals surface area contributed by atoms with E-state index in [4.69, 9.17) is 9.47 Å². The van der Waals surface area contributed by atoms with Gasteiger partial charge in [0.25, 0.3) is 0 Å². The molecule has 1 fully saturated rings. The molecule has 0 aliphatic carbocycles. The van der Waals surface area contributed by atoms with Gasteiger partial charge in [0.05, 0.1) is 23.9 Å².